The van der Waals surface area contributed by atoms with Crippen LogP contribution >= 0.6 is 0 Å². The van der Waals surface area contributed by atoms with Crippen LogP contribution in [0.15, 0.2) is 71.7 Å². The summed E-state index contributed by atoms with van der Waals surface area (Å²) in [4.78, 5) is 23.0. The molecule has 5 rings (SSSR count). The summed E-state index contributed by atoms with van der Waals surface area (Å²) >= 11 is 0. The zero-order valence-electron chi connectivity index (χ0n) is 21.4. The Balaban J connectivity index is 1.45. The predicted octanol–water partition coefficient (Wildman–Crippen LogP) is 5.91. The Morgan fingerprint density at radius 2 is 1.89 bits per heavy atom. The molecule has 1 fully saturated rings. The number of carbonyl (C=O) groups is 1. The van der Waals surface area contributed by atoms with Gasteiger partial charge in [-0.2, -0.15) is 0 Å². The molecule has 2 aliphatic heterocycles. The van der Waals surface area contributed by atoms with Gasteiger partial charge in [0.05, 0.1) is 18.6 Å². The van der Waals surface area contributed by atoms with E-state index in [9.17, 15) is 4.79 Å². The highest BCUT2D eigenvalue weighted by molar-refractivity contribution is 6.04. The van der Waals surface area contributed by atoms with Gasteiger partial charge in [-0.15, -0.1) is 0 Å². The van der Waals surface area contributed by atoms with Crippen molar-refractivity contribution in [1.82, 2.24) is 9.80 Å². The molecule has 3 aromatic rings. The van der Waals surface area contributed by atoms with Crippen molar-refractivity contribution in [2.24, 2.45) is 4.99 Å². The molecule has 1 amide bonds. The van der Waals surface area contributed by atoms with Crippen molar-refractivity contribution in [3.05, 3.63) is 83.4 Å². The van der Waals surface area contributed by atoms with Crippen LogP contribution < -0.4 is 9.47 Å². The average Bonchev–Trinajstić information content (AvgIpc) is 3.05. The molecule has 2 aliphatic rings. The average molecular weight is 484 g/mol. The lowest BCUT2D eigenvalue weighted by atomic mass is 9.94. The molecule has 0 aliphatic carbocycles. The minimum atomic E-state index is -0.121. The van der Waals surface area contributed by atoms with Crippen LogP contribution in [0.5, 0.6) is 17.2 Å². The number of carbonyl (C=O) groups excluding carboxylic acids is 1. The van der Waals surface area contributed by atoms with Gasteiger partial charge in [-0.05, 0) is 61.7 Å². The number of fused-ring (bicyclic) bond motifs is 2. The van der Waals surface area contributed by atoms with E-state index in [1.807, 2.05) is 66.4 Å². The minimum absolute atomic E-state index is 0.0439. The zero-order valence-corrected chi connectivity index (χ0v) is 21.4. The van der Waals surface area contributed by atoms with Gasteiger partial charge in [0.2, 0.25) is 5.91 Å². The van der Waals surface area contributed by atoms with Gasteiger partial charge in [0.15, 0.2) is 5.75 Å². The van der Waals surface area contributed by atoms with Crippen LogP contribution in [0.1, 0.15) is 42.9 Å². The van der Waals surface area contributed by atoms with Gasteiger partial charge in [-0.3, -0.25) is 4.79 Å². The first kappa shape index (κ1) is 23.9. The molecule has 0 saturated carbocycles. The monoisotopic (exact) mass is 483 g/mol. The number of piperazine rings is 1. The number of methoxy groups -OCH3 is 1. The van der Waals surface area contributed by atoms with Gasteiger partial charge in [-0.25, -0.2) is 4.99 Å². The number of ether oxygens (including phenoxy) is 2. The van der Waals surface area contributed by atoms with Gasteiger partial charge < -0.3 is 19.3 Å². The molecule has 3 aromatic carbocycles. The number of aryl methyl sites for hydroxylation is 1. The Morgan fingerprint density at radius 1 is 1.08 bits per heavy atom. The second kappa shape index (κ2) is 10.1. The van der Waals surface area contributed by atoms with Crippen molar-refractivity contribution in [3.8, 4) is 17.2 Å². The van der Waals surface area contributed by atoms with E-state index < -0.39 is 0 Å². The van der Waals surface area contributed by atoms with E-state index in [-0.39, 0.29) is 17.9 Å². The zero-order chi connectivity index (χ0) is 25.2. The van der Waals surface area contributed by atoms with Crippen molar-refractivity contribution in [1.29, 1.82) is 0 Å². The van der Waals surface area contributed by atoms with Crippen LogP contribution in [0.25, 0.3) is 0 Å². The molecule has 6 nitrogen and oxygen atoms in total. The molecule has 2 heterocycles. The van der Waals surface area contributed by atoms with Gasteiger partial charge in [0, 0.05) is 25.7 Å². The first-order valence-corrected chi connectivity index (χ1v) is 12.6. The van der Waals surface area contributed by atoms with Crippen molar-refractivity contribution in [2.75, 3.05) is 26.7 Å². The largest absolute Gasteiger partial charge is 0.497 e. The normalized spacial score (nSPS) is 17.8. The van der Waals surface area contributed by atoms with E-state index in [1.165, 1.54) is 0 Å². The summed E-state index contributed by atoms with van der Waals surface area (Å²) in [6.45, 7) is 8.28. The molecular formula is C30H33N3O3. The van der Waals surface area contributed by atoms with Crippen LogP contribution in [0.2, 0.25) is 0 Å². The van der Waals surface area contributed by atoms with Crippen LogP contribution in [-0.4, -0.2) is 54.3 Å². The molecule has 2 atom stereocenters. The number of hydrogen-bond acceptors (Lipinski definition) is 5. The summed E-state index contributed by atoms with van der Waals surface area (Å²) in [7, 11) is 1.66. The smallest absolute Gasteiger partial charge is 0.230 e. The first-order chi connectivity index (χ1) is 17.5. The Morgan fingerprint density at radius 3 is 2.61 bits per heavy atom. The maximum atomic E-state index is 13.6. The van der Waals surface area contributed by atoms with E-state index >= 15 is 0 Å². The van der Waals surface area contributed by atoms with Crippen molar-refractivity contribution >= 4 is 17.4 Å². The number of amidine groups is 1. The minimum Gasteiger partial charge on any atom is -0.497 e. The Labute approximate surface area is 213 Å². The predicted molar refractivity (Wildman–Crippen MR) is 143 cm³/mol. The fourth-order valence-corrected chi connectivity index (χ4v) is 5.14. The first-order valence-electron chi connectivity index (χ1n) is 12.6. The summed E-state index contributed by atoms with van der Waals surface area (Å²) in [6, 6.07) is 22.0. The summed E-state index contributed by atoms with van der Waals surface area (Å²) < 4.78 is 11.8. The van der Waals surface area contributed by atoms with Crippen LogP contribution in [0.3, 0.4) is 0 Å². The highest BCUT2D eigenvalue weighted by Gasteiger charge is 2.34. The van der Waals surface area contributed by atoms with Gasteiger partial charge in [0.1, 0.15) is 23.0 Å². The van der Waals surface area contributed by atoms with E-state index in [1.54, 1.807) is 7.11 Å². The van der Waals surface area contributed by atoms with Gasteiger partial charge in [-0.1, -0.05) is 43.3 Å². The highest BCUT2D eigenvalue weighted by atomic mass is 16.5. The van der Waals surface area contributed by atoms with Gasteiger partial charge in [0.25, 0.3) is 0 Å². The third kappa shape index (κ3) is 4.55. The summed E-state index contributed by atoms with van der Waals surface area (Å²) in [5.41, 5.74) is 3.89. The van der Waals surface area contributed by atoms with Crippen LogP contribution in [-0.2, 0) is 4.79 Å². The maximum Gasteiger partial charge on any atom is 0.230 e. The van der Waals surface area contributed by atoms with Crippen molar-refractivity contribution in [2.45, 2.75) is 39.2 Å². The molecule has 0 N–H and O–H groups in total. The van der Waals surface area contributed by atoms with E-state index in [4.69, 9.17) is 14.5 Å². The second-order valence-corrected chi connectivity index (χ2v) is 9.57. The molecular weight excluding hydrogens is 450 g/mol. The van der Waals surface area contributed by atoms with Crippen molar-refractivity contribution in [3.63, 3.8) is 0 Å². The number of hydrogen-bond donors (Lipinski definition) is 0. The van der Waals surface area contributed by atoms with E-state index in [0.29, 0.717) is 19.6 Å². The Kier molecular flexibility index (Phi) is 6.68. The highest BCUT2D eigenvalue weighted by Crippen LogP contribution is 2.40. The topological polar surface area (TPSA) is 54.4 Å². The molecule has 6 heteroatoms. The van der Waals surface area contributed by atoms with E-state index in [0.717, 1.165) is 51.9 Å². The second-order valence-electron chi connectivity index (χ2n) is 9.57. The number of rotatable bonds is 4. The fourth-order valence-electron chi connectivity index (χ4n) is 5.14. The lowest BCUT2D eigenvalue weighted by molar-refractivity contribution is -0.136. The SMILES string of the molecule is CC[C@H](C(=O)N1CCN(C2=Nc3ccc(C)cc3Oc3ccc(OC)cc32)C[C@H]1C)c1ccccc1. The quantitative estimate of drug-likeness (QED) is 0.463. The molecule has 0 spiro atoms. The lowest BCUT2D eigenvalue weighted by Gasteiger charge is -2.42. The number of benzene rings is 3. The number of aliphatic imine (C=N–C) groups is 1. The summed E-state index contributed by atoms with van der Waals surface area (Å²) in [5.74, 6) is 3.17. The van der Waals surface area contributed by atoms with Gasteiger partial charge >= 0.3 is 0 Å². The molecule has 0 aromatic heterocycles. The molecule has 36 heavy (non-hydrogen) atoms. The van der Waals surface area contributed by atoms with Crippen molar-refractivity contribution < 1.29 is 14.3 Å². The third-order valence-electron chi connectivity index (χ3n) is 7.11. The summed E-state index contributed by atoms with van der Waals surface area (Å²) in [6.07, 6.45) is 0.781. The van der Waals surface area contributed by atoms with Crippen LogP contribution in [0.4, 0.5) is 5.69 Å². The molecule has 1 saturated heterocycles. The van der Waals surface area contributed by atoms with E-state index in [2.05, 4.69) is 30.9 Å². The fraction of sp³-hybridized carbons (Fsp3) is 0.333. The number of amides is 1. The molecule has 186 valence electrons. The van der Waals surface area contributed by atoms with Crippen LogP contribution in [0, 0.1) is 6.92 Å². The lowest BCUT2D eigenvalue weighted by Crippen LogP contribution is -2.56. The molecule has 0 bridgehead atoms. The Bertz CT molecular complexity index is 1290. The Hall–Kier alpha value is -3.80. The molecule has 0 unspecified atom stereocenters. The number of nitrogens with zero attached hydrogens (tertiary/aromatic N) is 3. The third-order valence-corrected chi connectivity index (χ3v) is 7.11. The molecule has 0 radical (unpaired) electrons. The summed E-state index contributed by atoms with van der Waals surface area (Å²) in [5, 5.41) is 0. The maximum absolute atomic E-state index is 13.6. The standard InChI is InChI=1S/C30H33N3O3/c1-5-24(22-9-7-6-8-10-22)30(34)33-16-15-32(19-21(33)3)29-25-18-23(35-4)12-14-27(25)36-28-17-20(2)11-13-26(28)31-29/h6-14,17-18,21,24H,5,15-16,19H2,1-4H3/t21-,24+/m1/s1.